The van der Waals surface area contributed by atoms with Gasteiger partial charge in [-0.2, -0.15) is 0 Å². The Hall–Kier alpha value is -2.01. The molecule has 0 aliphatic carbocycles. The molecule has 2 heterocycles. The summed E-state index contributed by atoms with van der Waals surface area (Å²) in [5, 5.41) is 3.49. The lowest BCUT2D eigenvalue weighted by molar-refractivity contribution is 0.173. The molecule has 0 spiro atoms. The monoisotopic (exact) mass is 259 g/mol. The van der Waals surface area contributed by atoms with Gasteiger partial charge < -0.3 is 19.8 Å². The predicted molar refractivity (Wildman–Crippen MR) is 71.0 cm³/mol. The molecule has 2 aromatic rings. The maximum Gasteiger partial charge on any atom is 0.231 e. The highest BCUT2D eigenvalue weighted by Gasteiger charge is 2.18. The Morgan fingerprint density at radius 2 is 2.37 bits per heavy atom. The Balaban J connectivity index is 1.71. The Bertz CT molecular complexity index is 540. The number of fused-ring (bicyclic) bond motifs is 1. The van der Waals surface area contributed by atoms with Gasteiger partial charge in [-0.3, -0.25) is 0 Å². The molecule has 0 fully saturated rings. The third-order valence-electron chi connectivity index (χ3n) is 3.27. The summed E-state index contributed by atoms with van der Waals surface area (Å²) in [6.07, 6.45) is 4.59. The normalized spacial score (nSPS) is 14.6. The van der Waals surface area contributed by atoms with Crippen LogP contribution in [0.4, 0.5) is 0 Å². The molecule has 19 heavy (non-hydrogen) atoms. The summed E-state index contributed by atoms with van der Waals surface area (Å²) in [4.78, 5) is 7.45. The molecule has 0 radical (unpaired) electrons. The molecule has 3 rings (SSSR count). The number of H-pyrrole nitrogens is 1. The van der Waals surface area contributed by atoms with Crippen LogP contribution < -0.4 is 14.8 Å². The van der Waals surface area contributed by atoms with Gasteiger partial charge in [-0.05, 0) is 12.5 Å². The van der Waals surface area contributed by atoms with E-state index in [1.165, 1.54) is 0 Å². The molecule has 0 bridgehead atoms. The summed E-state index contributed by atoms with van der Waals surface area (Å²) >= 11 is 0. The summed E-state index contributed by atoms with van der Waals surface area (Å²) in [6.45, 7) is 3.17. The third-order valence-corrected chi connectivity index (χ3v) is 3.27. The molecule has 0 amide bonds. The number of nitrogens with zero attached hydrogens (tertiary/aromatic N) is 1. The van der Waals surface area contributed by atoms with Gasteiger partial charge in [0.25, 0.3) is 0 Å². The summed E-state index contributed by atoms with van der Waals surface area (Å²) < 4.78 is 10.9. The van der Waals surface area contributed by atoms with E-state index in [9.17, 15) is 0 Å². The molecule has 100 valence electrons. The topological polar surface area (TPSA) is 59.2 Å². The number of para-hydroxylation sites is 1. The molecule has 0 saturated heterocycles. The molecular weight excluding hydrogens is 242 g/mol. The number of rotatable bonds is 5. The smallest absolute Gasteiger partial charge is 0.231 e. The van der Waals surface area contributed by atoms with Gasteiger partial charge in [0.1, 0.15) is 5.82 Å². The number of benzene rings is 1. The van der Waals surface area contributed by atoms with E-state index < -0.39 is 0 Å². The van der Waals surface area contributed by atoms with Crippen LogP contribution in [-0.2, 0) is 6.54 Å². The lowest BCUT2D eigenvalue weighted by Gasteiger charge is -2.15. The summed E-state index contributed by atoms with van der Waals surface area (Å²) in [7, 11) is 0. The first kappa shape index (κ1) is 12.0. The van der Waals surface area contributed by atoms with E-state index in [0.29, 0.717) is 6.79 Å². The Morgan fingerprint density at radius 1 is 1.42 bits per heavy atom. The van der Waals surface area contributed by atoms with E-state index in [1.807, 2.05) is 18.3 Å². The zero-order valence-corrected chi connectivity index (χ0v) is 10.8. The number of aromatic nitrogens is 2. The SMILES string of the molecule is CCC(NCc1cccc2c1OCO2)c1ncc[nH]1. The second kappa shape index (κ2) is 5.32. The molecule has 1 aromatic heterocycles. The second-order valence-electron chi connectivity index (χ2n) is 4.47. The number of nitrogens with one attached hydrogen (secondary N) is 2. The van der Waals surface area contributed by atoms with Gasteiger partial charge >= 0.3 is 0 Å². The van der Waals surface area contributed by atoms with Crippen LogP contribution in [0.1, 0.15) is 30.8 Å². The van der Waals surface area contributed by atoms with Crippen LogP contribution in [-0.4, -0.2) is 16.8 Å². The zero-order chi connectivity index (χ0) is 13.1. The van der Waals surface area contributed by atoms with Crippen molar-refractivity contribution in [3.8, 4) is 11.5 Å². The Labute approximate surface area is 112 Å². The summed E-state index contributed by atoms with van der Waals surface area (Å²) in [6, 6.07) is 6.18. The average molecular weight is 259 g/mol. The van der Waals surface area contributed by atoms with Gasteiger partial charge in [-0.1, -0.05) is 19.1 Å². The van der Waals surface area contributed by atoms with Crippen LogP contribution in [0.25, 0.3) is 0 Å². The van der Waals surface area contributed by atoms with Crippen LogP contribution in [0.5, 0.6) is 11.5 Å². The fraction of sp³-hybridized carbons (Fsp3) is 0.357. The number of ether oxygens (including phenoxy) is 2. The van der Waals surface area contributed by atoms with Crippen molar-refractivity contribution in [1.82, 2.24) is 15.3 Å². The molecule has 1 aliphatic heterocycles. The van der Waals surface area contributed by atoms with E-state index in [1.54, 1.807) is 6.20 Å². The van der Waals surface area contributed by atoms with Crippen molar-refractivity contribution in [2.45, 2.75) is 25.9 Å². The molecule has 1 aliphatic rings. The van der Waals surface area contributed by atoms with E-state index in [4.69, 9.17) is 9.47 Å². The number of imidazole rings is 1. The lowest BCUT2D eigenvalue weighted by Crippen LogP contribution is -2.21. The summed E-state index contributed by atoms with van der Waals surface area (Å²) in [5.41, 5.74) is 1.11. The minimum Gasteiger partial charge on any atom is -0.454 e. The van der Waals surface area contributed by atoms with Crippen molar-refractivity contribution in [3.63, 3.8) is 0 Å². The van der Waals surface area contributed by atoms with E-state index in [-0.39, 0.29) is 6.04 Å². The fourth-order valence-electron chi connectivity index (χ4n) is 2.27. The number of hydrogen-bond donors (Lipinski definition) is 2. The minimum atomic E-state index is 0.216. The predicted octanol–water partition coefficient (Wildman–Crippen LogP) is 2.38. The molecule has 1 aromatic carbocycles. The van der Waals surface area contributed by atoms with Crippen molar-refractivity contribution in [3.05, 3.63) is 42.0 Å². The first-order valence-corrected chi connectivity index (χ1v) is 6.48. The highest BCUT2D eigenvalue weighted by Crippen LogP contribution is 2.35. The standard InChI is InChI=1S/C14H17N3O2/c1-2-11(14-15-6-7-16-14)17-8-10-4-3-5-12-13(10)19-9-18-12/h3-7,11,17H,2,8-9H2,1H3,(H,15,16). The molecule has 1 atom stereocenters. The fourth-order valence-corrected chi connectivity index (χ4v) is 2.27. The maximum absolute atomic E-state index is 5.50. The van der Waals surface area contributed by atoms with Crippen LogP contribution in [0.3, 0.4) is 0 Å². The average Bonchev–Trinajstić information content (AvgIpc) is 3.10. The third kappa shape index (κ3) is 2.42. The van der Waals surface area contributed by atoms with Gasteiger partial charge in [-0.15, -0.1) is 0 Å². The van der Waals surface area contributed by atoms with Crippen molar-refractivity contribution >= 4 is 0 Å². The lowest BCUT2D eigenvalue weighted by atomic mass is 10.1. The summed E-state index contributed by atoms with van der Waals surface area (Å²) in [5.74, 6) is 2.64. The second-order valence-corrected chi connectivity index (χ2v) is 4.47. The van der Waals surface area contributed by atoms with E-state index in [2.05, 4.69) is 28.3 Å². The molecule has 1 unspecified atom stereocenters. The van der Waals surface area contributed by atoms with Crippen molar-refractivity contribution in [2.75, 3.05) is 6.79 Å². The van der Waals surface area contributed by atoms with Gasteiger partial charge in [0, 0.05) is 24.5 Å². The molecule has 5 nitrogen and oxygen atoms in total. The molecule has 0 saturated carbocycles. The quantitative estimate of drug-likeness (QED) is 0.865. The van der Waals surface area contributed by atoms with Gasteiger partial charge in [0.2, 0.25) is 6.79 Å². The minimum absolute atomic E-state index is 0.216. The maximum atomic E-state index is 5.50. The van der Waals surface area contributed by atoms with Crippen molar-refractivity contribution < 1.29 is 9.47 Å². The van der Waals surface area contributed by atoms with Crippen LogP contribution in [0, 0.1) is 0 Å². The number of hydrogen-bond acceptors (Lipinski definition) is 4. The van der Waals surface area contributed by atoms with Crippen LogP contribution >= 0.6 is 0 Å². The van der Waals surface area contributed by atoms with Crippen LogP contribution in [0.2, 0.25) is 0 Å². The van der Waals surface area contributed by atoms with Crippen molar-refractivity contribution in [1.29, 1.82) is 0 Å². The van der Waals surface area contributed by atoms with Crippen LogP contribution in [0.15, 0.2) is 30.6 Å². The Kier molecular flexibility index (Phi) is 3.37. The van der Waals surface area contributed by atoms with E-state index in [0.717, 1.165) is 35.9 Å². The van der Waals surface area contributed by atoms with Crippen molar-refractivity contribution in [2.24, 2.45) is 0 Å². The largest absolute Gasteiger partial charge is 0.454 e. The zero-order valence-electron chi connectivity index (χ0n) is 10.8. The van der Waals surface area contributed by atoms with E-state index >= 15 is 0 Å². The molecule has 5 heteroatoms. The molecule has 2 N–H and O–H groups in total. The molecular formula is C14H17N3O2. The first-order valence-electron chi connectivity index (χ1n) is 6.48. The Morgan fingerprint density at radius 3 is 3.16 bits per heavy atom. The van der Waals surface area contributed by atoms with Gasteiger partial charge in [0.15, 0.2) is 11.5 Å². The highest BCUT2D eigenvalue weighted by atomic mass is 16.7. The van der Waals surface area contributed by atoms with Gasteiger partial charge in [-0.25, -0.2) is 4.98 Å². The first-order chi connectivity index (χ1) is 9.38. The van der Waals surface area contributed by atoms with Gasteiger partial charge in [0.05, 0.1) is 6.04 Å². The number of aromatic amines is 1. The highest BCUT2D eigenvalue weighted by molar-refractivity contribution is 5.48.